The zero-order chi connectivity index (χ0) is 16.5. The molecule has 0 aliphatic rings. The van der Waals surface area contributed by atoms with Crippen molar-refractivity contribution in [2.45, 2.75) is 39.3 Å². The first-order valence-corrected chi connectivity index (χ1v) is 6.87. The highest BCUT2D eigenvalue weighted by atomic mass is 16.4. The standard InChI is InChI=1S/C14H19N5O3/c1-9(2)18-6-5-11(17-18)12(20)16-10-7-15-19(8-10)14(3,4)13(21)22/h5-9H,1-4H3,(H,16,20)(H,21,22). The van der Waals surface area contributed by atoms with Crippen LogP contribution in [0.15, 0.2) is 24.7 Å². The van der Waals surface area contributed by atoms with Gasteiger partial charge in [-0.3, -0.25) is 14.2 Å². The van der Waals surface area contributed by atoms with Crippen LogP contribution in [0.4, 0.5) is 5.69 Å². The van der Waals surface area contributed by atoms with E-state index in [2.05, 4.69) is 15.5 Å². The van der Waals surface area contributed by atoms with E-state index in [1.165, 1.54) is 30.9 Å². The van der Waals surface area contributed by atoms with Crippen molar-refractivity contribution < 1.29 is 14.7 Å². The number of carboxylic acids is 1. The fourth-order valence-corrected chi connectivity index (χ4v) is 1.73. The topological polar surface area (TPSA) is 102 Å². The maximum atomic E-state index is 12.1. The number of aromatic nitrogens is 4. The van der Waals surface area contributed by atoms with Gasteiger partial charge in [0.1, 0.15) is 0 Å². The second-order valence-electron chi connectivity index (χ2n) is 5.77. The molecule has 0 atom stereocenters. The molecule has 0 spiro atoms. The minimum Gasteiger partial charge on any atom is -0.479 e. The highest BCUT2D eigenvalue weighted by Gasteiger charge is 2.30. The number of carboxylic acid groups (broad SMARTS) is 1. The molecular weight excluding hydrogens is 286 g/mol. The number of nitrogens with one attached hydrogen (secondary N) is 1. The van der Waals surface area contributed by atoms with E-state index in [1.807, 2.05) is 13.8 Å². The second kappa shape index (κ2) is 5.63. The van der Waals surface area contributed by atoms with E-state index >= 15 is 0 Å². The molecule has 1 amide bonds. The van der Waals surface area contributed by atoms with Gasteiger partial charge in [-0.15, -0.1) is 0 Å². The van der Waals surface area contributed by atoms with Gasteiger partial charge in [-0.1, -0.05) is 0 Å². The molecule has 2 aromatic heterocycles. The van der Waals surface area contributed by atoms with Crippen molar-refractivity contribution >= 4 is 17.6 Å². The molecule has 8 heteroatoms. The van der Waals surface area contributed by atoms with Crippen LogP contribution in [-0.4, -0.2) is 36.5 Å². The molecule has 2 aromatic rings. The van der Waals surface area contributed by atoms with Gasteiger partial charge >= 0.3 is 5.97 Å². The molecule has 118 valence electrons. The van der Waals surface area contributed by atoms with Gasteiger partial charge in [-0.25, -0.2) is 4.79 Å². The average molecular weight is 305 g/mol. The predicted molar refractivity (Wildman–Crippen MR) is 79.8 cm³/mol. The van der Waals surface area contributed by atoms with Crippen LogP contribution in [0, 0.1) is 0 Å². The summed E-state index contributed by atoms with van der Waals surface area (Å²) >= 11 is 0. The highest BCUT2D eigenvalue weighted by molar-refractivity contribution is 6.02. The van der Waals surface area contributed by atoms with Crippen molar-refractivity contribution in [2.75, 3.05) is 5.32 Å². The van der Waals surface area contributed by atoms with Crippen LogP contribution in [0.3, 0.4) is 0 Å². The Morgan fingerprint density at radius 3 is 2.59 bits per heavy atom. The normalized spacial score (nSPS) is 11.7. The van der Waals surface area contributed by atoms with E-state index in [-0.39, 0.29) is 11.9 Å². The molecule has 8 nitrogen and oxygen atoms in total. The molecule has 2 rings (SSSR count). The van der Waals surface area contributed by atoms with Gasteiger partial charge < -0.3 is 10.4 Å². The molecule has 2 N–H and O–H groups in total. The Morgan fingerprint density at radius 2 is 2.05 bits per heavy atom. The lowest BCUT2D eigenvalue weighted by Gasteiger charge is -2.19. The minimum absolute atomic E-state index is 0.167. The summed E-state index contributed by atoms with van der Waals surface area (Å²) in [6, 6.07) is 1.79. The third-order valence-corrected chi connectivity index (χ3v) is 3.31. The lowest BCUT2D eigenvalue weighted by atomic mass is 10.1. The van der Waals surface area contributed by atoms with Gasteiger partial charge in [0, 0.05) is 18.4 Å². The summed E-state index contributed by atoms with van der Waals surface area (Å²) in [5, 5.41) is 20.0. The molecule has 0 bridgehead atoms. The molecule has 0 saturated heterocycles. The molecule has 22 heavy (non-hydrogen) atoms. The van der Waals surface area contributed by atoms with E-state index in [1.54, 1.807) is 16.9 Å². The number of aliphatic carboxylic acids is 1. The number of hydrogen-bond acceptors (Lipinski definition) is 4. The number of carbonyl (C=O) groups excluding carboxylic acids is 1. The van der Waals surface area contributed by atoms with Crippen LogP contribution in [0.2, 0.25) is 0 Å². The summed E-state index contributed by atoms with van der Waals surface area (Å²) in [5.41, 5.74) is -0.486. The molecule has 0 saturated carbocycles. The van der Waals surface area contributed by atoms with Crippen molar-refractivity contribution in [1.82, 2.24) is 19.6 Å². The van der Waals surface area contributed by atoms with Crippen molar-refractivity contribution in [3.05, 3.63) is 30.4 Å². The van der Waals surface area contributed by atoms with Gasteiger partial charge in [0.2, 0.25) is 0 Å². The monoisotopic (exact) mass is 305 g/mol. The largest absolute Gasteiger partial charge is 0.479 e. The number of amides is 1. The van der Waals surface area contributed by atoms with Crippen LogP contribution in [0.5, 0.6) is 0 Å². The maximum Gasteiger partial charge on any atom is 0.331 e. The number of carbonyl (C=O) groups is 2. The lowest BCUT2D eigenvalue weighted by molar-refractivity contribution is -0.146. The van der Waals surface area contributed by atoms with E-state index in [0.29, 0.717) is 11.4 Å². The van der Waals surface area contributed by atoms with E-state index in [0.717, 1.165) is 0 Å². The van der Waals surface area contributed by atoms with E-state index in [9.17, 15) is 9.59 Å². The van der Waals surface area contributed by atoms with Gasteiger partial charge in [0.15, 0.2) is 11.2 Å². The van der Waals surface area contributed by atoms with Crippen LogP contribution >= 0.6 is 0 Å². The second-order valence-corrected chi connectivity index (χ2v) is 5.77. The van der Waals surface area contributed by atoms with Crippen LogP contribution in [0.1, 0.15) is 44.2 Å². The van der Waals surface area contributed by atoms with Crippen molar-refractivity contribution in [1.29, 1.82) is 0 Å². The Bertz CT molecular complexity index is 699. The van der Waals surface area contributed by atoms with Crippen LogP contribution < -0.4 is 5.32 Å². The minimum atomic E-state index is -1.19. The number of hydrogen-bond donors (Lipinski definition) is 2. The van der Waals surface area contributed by atoms with Crippen LogP contribution in [0.25, 0.3) is 0 Å². The van der Waals surface area contributed by atoms with Gasteiger partial charge in [0.05, 0.1) is 11.9 Å². The van der Waals surface area contributed by atoms with Gasteiger partial charge in [0.25, 0.3) is 5.91 Å². The van der Waals surface area contributed by atoms with E-state index < -0.39 is 11.5 Å². The molecular formula is C14H19N5O3. The average Bonchev–Trinajstić information content (AvgIpc) is 3.07. The van der Waals surface area contributed by atoms with Crippen molar-refractivity contribution in [3.8, 4) is 0 Å². The fourth-order valence-electron chi connectivity index (χ4n) is 1.73. The predicted octanol–water partition coefficient (Wildman–Crippen LogP) is 1.73. The fraction of sp³-hybridized carbons (Fsp3) is 0.429. The Balaban J connectivity index is 2.12. The van der Waals surface area contributed by atoms with Crippen LogP contribution in [-0.2, 0) is 10.3 Å². The zero-order valence-electron chi connectivity index (χ0n) is 12.9. The molecule has 0 radical (unpaired) electrons. The summed E-state index contributed by atoms with van der Waals surface area (Å²) in [7, 11) is 0. The van der Waals surface area contributed by atoms with E-state index in [4.69, 9.17) is 5.11 Å². The Morgan fingerprint density at radius 1 is 1.36 bits per heavy atom. The van der Waals surface area contributed by atoms with Gasteiger partial charge in [-0.05, 0) is 33.8 Å². The third kappa shape index (κ3) is 3.00. The van der Waals surface area contributed by atoms with Crippen molar-refractivity contribution in [2.24, 2.45) is 0 Å². The summed E-state index contributed by atoms with van der Waals surface area (Å²) in [4.78, 5) is 23.3. The molecule has 0 unspecified atom stereocenters. The maximum absolute atomic E-state index is 12.1. The first kappa shape index (κ1) is 15.7. The Kier molecular flexibility index (Phi) is 4.03. The quantitative estimate of drug-likeness (QED) is 0.876. The summed E-state index contributed by atoms with van der Waals surface area (Å²) in [6.45, 7) is 6.98. The molecule has 0 aliphatic carbocycles. The molecule has 0 aromatic carbocycles. The van der Waals surface area contributed by atoms with Gasteiger partial charge in [-0.2, -0.15) is 10.2 Å². The highest BCUT2D eigenvalue weighted by Crippen LogP contribution is 2.17. The summed E-state index contributed by atoms with van der Waals surface area (Å²) < 4.78 is 2.98. The molecule has 0 fully saturated rings. The summed E-state index contributed by atoms with van der Waals surface area (Å²) in [5.74, 6) is -1.38. The smallest absolute Gasteiger partial charge is 0.331 e. The first-order valence-electron chi connectivity index (χ1n) is 6.87. The molecule has 2 heterocycles. The Labute approximate surface area is 127 Å². The SMILES string of the molecule is CC(C)n1ccc(C(=O)Nc2cnn(C(C)(C)C(=O)O)c2)n1. The van der Waals surface area contributed by atoms with Crippen molar-refractivity contribution in [3.63, 3.8) is 0 Å². The number of anilines is 1. The number of rotatable bonds is 5. The zero-order valence-corrected chi connectivity index (χ0v) is 12.9. The Hall–Kier alpha value is -2.64. The summed E-state index contributed by atoms with van der Waals surface area (Å²) in [6.07, 6.45) is 4.62. The molecule has 0 aliphatic heterocycles. The number of nitrogens with zero attached hydrogens (tertiary/aromatic N) is 4. The lowest BCUT2D eigenvalue weighted by Crippen LogP contribution is -2.35. The first-order chi connectivity index (χ1) is 10.2. The third-order valence-electron chi connectivity index (χ3n) is 3.31.